The third kappa shape index (κ3) is 3.93. The van der Waals surface area contributed by atoms with Crippen LogP contribution in [0.4, 0.5) is 5.69 Å². The first-order chi connectivity index (χ1) is 13.3. The highest BCUT2D eigenvalue weighted by Gasteiger charge is 2.47. The summed E-state index contributed by atoms with van der Waals surface area (Å²) in [4.78, 5) is 49.9. The van der Waals surface area contributed by atoms with Gasteiger partial charge in [-0.2, -0.15) is 5.10 Å². The molecular formula is C19H26N4O5. The molecule has 152 valence electrons. The number of ether oxygens (including phenoxy) is 1. The van der Waals surface area contributed by atoms with Crippen LogP contribution in [0.2, 0.25) is 0 Å². The molecule has 9 nitrogen and oxygen atoms in total. The number of fused-ring (bicyclic) bond motifs is 1. The number of likely N-dealkylation sites (tertiary alicyclic amines) is 1. The molecule has 2 atom stereocenters. The Kier molecular flexibility index (Phi) is 5.81. The van der Waals surface area contributed by atoms with E-state index in [0.717, 1.165) is 31.4 Å². The lowest BCUT2D eigenvalue weighted by atomic mass is 9.81. The minimum Gasteiger partial charge on any atom is -0.456 e. The van der Waals surface area contributed by atoms with Gasteiger partial charge in [-0.3, -0.25) is 28.8 Å². The second-order valence-electron chi connectivity index (χ2n) is 7.45. The van der Waals surface area contributed by atoms with Crippen LogP contribution in [0.5, 0.6) is 0 Å². The SMILES string of the molecule is Cc1nn(C)c(C)c1NC(=O)COC(=O)CCN1C(=O)[C@H]2CCCC[C@H]2C1=O. The van der Waals surface area contributed by atoms with Crippen molar-refractivity contribution in [1.82, 2.24) is 14.7 Å². The van der Waals surface area contributed by atoms with E-state index in [-0.39, 0.29) is 36.6 Å². The molecule has 0 spiro atoms. The van der Waals surface area contributed by atoms with Crippen LogP contribution in [-0.2, 0) is 31.0 Å². The van der Waals surface area contributed by atoms with E-state index in [1.54, 1.807) is 18.7 Å². The van der Waals surface area contributed by atoms with Gasteiger partial charge >= 0.3 is 5.97 Å². The summed E-state index contributed by atoms with van der Waals surface area (Å²) in [5, 5.41) is 6.88. The largest absolute Gasteiger partial charge is 0.456 e. The molecule has 1 aromatic heterocycles. The summed E-state index contributed by atoms with van der Waals surface area (Å²) in [6.07, 6.45) is 3.28. The fourth-order valence-electron chi connectivity index (χ4n) is 4.00. The molecule has 1 aliphatic heterocycles. The number of nitrogens with one attached hydrogen (secondary N) is 1. The van der Waals surface area contributed by atoms with Gasteiger partial charge < -0.3 is 10.1 Å². The molecule has 28 heavy (non-hydrogen) atoms. The maximum Gasteiger partial charge on any atom is 0.308 e. The summed E-state index contributed by atoms with van der Waals surface area (Å²) >= 11 is 0. The number of esters is 1. The molecule has 0 aromatic carbocycles. The van der Waals surface area contributed by atoms with Gasteiger partial charge in [-0.15, -0.1) is 0 Å². The van der Waals surface area contributed by atoms with Gasteiger partial charge in [0, 0.05) is 13.6 Å². The van der Waals surface area contributed by atoms with Crippen molar-refractivity contribution in [2.24, 2.45) is 18.9 Å². The van der Waals surface area contributed by atoms with E-state index < -0.39 is 18.5 Å². The van der Waals surface area contributed by atoms with Crippen molar-refractivity contribution in [3.8, 4) is 0 Å². The zero-order valence-electron chi connectivity index (χ0n) is 16.5. The van der Waals surface area contributed by atoms with Gasteiger partial charge in [0.25, 0.3) is 5.91 Å². The van der Waals surface area contributed by atoms with Crippen molar-refractivity contribution in [2.75, 3.05) is 18.5 Å². The van der Waals surface area contributed by atoms with Gasteiger partial charge in [0.15, 0.2) is 6.61 Å². The van der Waals surface area contributed by atoms with E-state index in [9.17, 15) is 19.2 Å². The van der Waals surface area contributed by atoms with Crippen LogP contribution in [0.15, 0.2) is 0 Å². The minimum absolute atomic E-state index is 0.00589. The molecule has 0 bridgehead atoms. The number of aryl methyl sites for hydroxylation is 2. The lowest BCUT2D eigenvalue weighted by Gasteiger charge is -2.19. The number of imide groups is 1. The van der Waals surface area contributed by atoms with Gasteiger partial charge in [0.05, 0.1) is 35.3 Å². The lowest BCUT2D eigenvalue weighted by molar-refractivity contribution is -0.148. The van der Waals surface area contributed by atoms with Crippen LogP contribution in [-0.4, -0.2) is 51.5 Å². The summed E-state index contributed by atoms with van der Waals surface area (Å²) in [5.41, 5.74) is 2.07. The smallest absolute Gasteiger partial charge is 0.308 e. The number of amides is 3. The Morgan fingerprint density at radius 3 is 2.29 bits per heavy atom. The Balaban J connectivity index is 1.45. The highest BCUT2D eigenvalue weighted by Crippen LogP contribution is 2.37. The molecule has 2 aliphatic rings. The molecule has 1 aliphatic carbocycles. The molecule has 1 N–H and O–H groups in total. The van der Waals surface area contributed by atoms with Crippen molar-refractivity contribution < 1.29 is 23.9 Å². The minimum atomic E-state index is -0.620. The van der Waals surface area contributed by atoms with Crippen LogP contribution in [0.3, 0.4) is 0 Å². The summed E-state index contributed by atoms with van der Waals surface area (Å²) in [5.74, 6) is -1.90. The molecule has 0 unspecified atom stereocenters. The summed E-state index contributed by atoms with van der Waals surface area (Å²) in [6.45, 7) is 3.17. The van der Waals surface area contributed by atoms with Crippen molar-refractivity contribution >= 4 is 29.4 Å². The predicted molar refractivity (Wildman–Crippen MR) is 99.1 cm³/mol. The number of nitrogens with zero attached hydrogens (tertiary/aromatic N) is 3. The number of hydrogen-bond acceptors (Lipinski definition) is 6. The molecule has 3 rings (SSSR count). The molecule has 9 heteroatoms. The fourth-order valence-corrected chi connectivity index (χ4v) is 4.00. The number of anilines is 1. The average molecular weight is 390 g/mol. The number of rotatable bonds is 6. The van der Waals surface area contributed by atoms with Crippen LogP contribution < -0.4 is 5.32 Å². The third-order valence-electron chi connectivity index (χ3n) is 5.61. The van der Waals surface area contributed by atoms with Gasteiger partial charge in [-0.05, 0) is 26.7 Å². The first-order valence-corrected chi connectivity index (χ1v) is 9.60. The van der Waals surface area contributed by atoms with Crippen LogP contribution in [0, 0.1) is 25.7 Å². The van der Waals surface area contributed by atoms with Gasteiger partial charge in [0.2, 0.25) is 11.8 Å². The molecule has 1 saturated heterocycles. The number of hydrogen-bond donors (Lipinski definition) is 1. The second kappa shape index (κ2) is 8.12. The van der Waals surface area contributed by atoms with Crippen LogP contribution in [0.1, 0.15) is 43.5 Å². The maximum atomic E-state index is 12.4. The highest BCUT2D eigenvalue weighted by atomic mass is 16.5. The Morgan fingerprint density at radius 2 is 1.75 bits per heavy atom. The van der Waals surface area contributed by atoms with Crippen molar-refractivity contribution in [3.05, 3.63) is 11.4 Å². The molecule has 0 radical (unpaired) electrons. The molecule has 1 saturated carbocycles. The second-order valence-corrected chi connectivity index (χ2v) is 7.45. The molecule has 2 fully saturated rings. The van der Waals surface area contributed by atoms with E-state index in [2.05, 4.69) is 10.4 Å². The van der Waals surface area contributed by atoms with Crippen molar-refractivity contribution in [2.45, 2.75) is 46.0 Å². The van der Waals surface area contributed by atoms with E-state index in [1.165, 1.54) is 4.90 Å². The Hall–Kier alpha value is -2.71. The molecular weight excluding hydrogens is 364 g/mol. The fraction of sp³-hybridized carbons (Fsp3) is 0.632. The van der Waals surface area contributed by atoms with Crippen LogP contribution in [0.25, 0.3) is 0 Å². The maximum absolute atomic E-state index is 12.4. The number of carbonyl (C=O) groups excluding carboxylic acids is 4. The Labute approximate surface area is 163 Å². The van der Waals surface area contributed by atoms with Crippen molar-refractivity contribution in [3.63, 3.8) is 0 Å². The quantitative estimate of drug-likeness (QED) is 0.575. The monoisotopic (exact) mass is 390 g/mol. The van der Waals surface area contributed by atoms with Gasteiger partial charge in [-0.1, -0.05) is 12.8 Å². The van der Waals surface area contributed by atoms with Crippen molar-refractivity contribution in [1.29, 1.82) is 0 Å². The molecule has 3 amide bonds. The zero-order valence-corrected chi connectivity index (χ0v) is 16.5. The van der Waals surface area contributed by atoms with E-state index in [0.29, 0.717) is 11.4 Å². The number of aromatic nitrogens is 2. The summed E-state index contributed by atoms with van der Waals surface area (Å²) in [7, 11) is 1.77. The Morgan fingerprint density at radius 1 is 1.14 bits per heavy atom. The van der Waals surface area contributed by atoms with Crippen LogP contribution >= 0.6 is 0 Å². The van der Waals surface area contributed by atoms with Gasteiger partial charge in [0.1, 0.15) is 0 Å². The predicted octanol–water partition coefficient (Wildman–Crippen LogP) is 1.08. The van der Waals surface area contributed by atoms with E-state index in [1.807, 2.05) is 6.92 Å². The lowest BCUT2D eigenvalue weighted by Crippen LogP contribution is -2.33. The average Bonchev–Trinajstić information content (AvgIpc) is 3.06. The normalized spacial score (nSPS) is 21.6. The topological polar surface area (TPSA) is 111 Å². The standard InChI is InChI=1S/C19H26N4O5/c1-11-17(12(2)22(3)21-11)20-15(24)10-28-16(25)8-9-23-18(26)13-6-4-5-7-14(13)19(23)27/h13-14H,4-10H2,1-3H3,(H,20,24)/t13-,14+. The third-order valence-corrected chi connectivity index (χ3v) is 5.61. The Bertz CT molecular complexity index is 791. The highest BCUT2D eigenvalue weighted by molar-refractivity contribution is 6.05. The molecule has 2 heterocycles. The first-order valence-electron chi connectivity index (χ1n) is 9.60. The number of carbonyl (C=O) groups is 4. The first kappa shape index (κ1) is 20.0. The summed E-state index contributed by atoms with van der Waals surface area (Å²) in [6, 6.07) is 0. The summed E-state index contributed by atoms with van der Waals surface area (Å²) < 4.78 is 6.64. The van der Waals surface area contributed by atoms with E-state index in [4.69, 9.17) is 4.74 Å². The van der Waals surface area contributed by atoms with Gasteiger partial charge in [-0.25, -0.2) is 0 Å². The zero-order chi connectivity index (χ0) is 20.4. The van der Waals surface area contributed by atoms with E-state index >= 15 is 0 Å². The molecule has 1 aromatic rings.